The monoisotopic (exact) mass is 259 g/mol. The van der Waals surface area contributed by atoms with Crippen molar-refractivity contribution in [2.75, 3.05) is 13.1 Å². The summed E-state index contributed by atoms with van der Waals surface area (Å²) >= 11 is 0. The lowest BCUT2D eigenvalue weighted by Gasteiger charge is -2.35. The largest absolute Gasteiger partial charge is 0.326 e. The third-order valence-electron chi connectivity index (χ3n) is 4.22. The molecule has 4 heteroatoms. The highest BCUT2D eigenvalue weighted by Crippen LogP contribution is 2.25. The van der Waals surface area contributed by atoms with E-state index in [1.807, 2.05) is 28.8 Å². The Morgan fingerprint density at radius 2 is 1.89 bits per heavy atom. The van der Waals surface area contributed by atoms with E-state index >= 15 is 0 Å². The Kier molecular flexibility index (Phi) is 3.19. The summed E-state index contributed by atoms with van der Waals surface area (Å²) in [6, 6.07) is 8.89. The van der Waals surface area contributed by atoms with Gasteiger partial charge in [-0.3, -0.25) is 4.57 Å². The SMILES string of the molecule is CC(C)N1CCC(n2c(=O)[nH]c3ccccc32)CC1. The molecule has 0 aliphatic carbocycles. The molecule has 0 amide bonds. The van der Waals surface area contributed by atoms with E-state index in [4.69, 9.17) is 0 Å². The standard InChI is InChI=1S/C15H21N3O/c1-11(2)17-9-7-12(8-10-17)18-14-6-4-3-5-13(14)16-15(18)19/h3-6,11-12H,7-10H2,1-2H3,(H,16,19). The lowest BCUT2D eigenvalue weighted by atomic mass is 10.0. The van der Waals surface area contributed by atoms with Crippen LogP contribution in [0.25, 0.3) is 11.0 Å². The van der Waals surface area contributed by atoms with Gasteiger partial charge in [-0.2, -0.15) is 0 Å². The molecule has 0 radical (unpaired) electrons. The number of aromatic amines is 1. The average Bonchev–Trinajstić information content (AvgIpc) is 2.74. The number of hydrogen-bond acceptors (Lipinski definition) is 2. The Labute approximate surface area is 113 Å². The van der Waals surface area contributed by atoms with Crippen LogP contribution in [0.2, 0.25) is 0 Å². The maximum Gasteiger partial charge on any atom is 0.326 e. The van der Waals surface area contributed by atoms with E-state index in [0.29, 0.717) is 12.1 Å². The van der Waals surface area contributed by atoms with Crippen LogP contribution in [0.15, 0.2) is 29.1 Å². The topological polar surface area (TPSA) is 41.0 Å². The summed E-state index contributed by atoms with van der Waals surface area (Å²) in [4.78, 5) is 17.6. The van der Waals surface area contributed by atoms with Gasteiger partial charge in [0.15, 0.2) is 0 Å². The van der Waals surface area contributed by atoms with Crippen molar-refractivity contribution in [3.63, 3.8) is 0 Å². The van der Waals surface area contributed by atoms with Crippen molar-refractivity contribution in [3.05, 3.63) is 34.7 Å². The first kappa shape index (κ1) is 12.5. The first-order valence-electron chi connectivity index (χ1n) is 7.10. The fraction of sp³-hybridized carbons (Fsp3) is 0.533. The van der Waals surface area contributed by atoms with Gasteiger partial charge in [-0.15, -0.1) is 0 Å². The minimum atomic E-state index is 0.0317. The van der Waals surface area contributed by atoms with E-state index in [-0.39, 0.29) is 5.69 Å². The summed E-state index contributed by atoms with van der Waals surface area (Å²) in [5.41, 5.74) is 2.01. The molecule has 1 aliphatic rings. The van der Waals surface area contributed by atoms with E-state index in [1.165, 1.54) is 0 Å². The third kappa shape index (κ3) is 2.21. The molecule has 0 atom stereocenters. The van der Waals surface area contributed by atoms with Gasteiger partial charge in [-0.05, 0) is 38.8 Å². The maximum absolute atomic E-state index is 12.1. The molecule has 1 N–H and O–H groups in total. The summed E-state index contributed by atoms with van der Waals surface area (Å²) in [6.45, 7) is 6.62. The summed E-state index contributed by atoms with van der Waals surface area (Å²) in [5.74, 6) is 0. The Bertz CT molecular complexity index is 618. The van der Waals surface area contributed by atoms with E-state index in [2.05, 4.69) is 23.7 Å². The molecule has 1 saturated heterocycles. The number of para-hydroxylation sites is 2. The zero-order chi connectivity index (χ0) is 13.4. The molecule has 0 spiro atoms. The van der Waals surface area contributed by atoms with Gasteiger partial charge in [0.25, 0.3) is 0 Å². The highest BCUT2D eigenvalue weighted by Gasteiger charge is 2.24. The predicted octanol–water partition coefficient (Wildman–Crippen LogP) is 2.37. The van der Waals surface area contributed by atoms with Gasteiger partial charge in [-0.1, -0.05) is 12.1 Å². The molecule has 19 heavy (non-hydrogen) atoms. The second-order valence-corrected chi connectivity index (χ2v) is 5.68. The molecule has 1 aromatic carbocycles. The molecule has 2 aromatic rings. The van der Waals surface area contributed by atoms with Crippen LogP contribution in [0.3, 0.4) is 0 Å². The third-order valence-corrected chi connectivity index (χ3v) is 4.22. The number of nitrogens with one attached hydrogen (secondary N) is 1. The van der Waals surface area contributed by atoms with Crippen molar-refractivity contribution in [2.24, 2.45) is 0 Å². The summed E-state index contributed by atoms with van der Waals surface area (Å²) < 4.78 is 1.95. The number of H-pyrrole nitrogens is 1. The number of aromatic nitrogens is 2. The van der Waals surface area contributed by atoms with Crippen molar-refractivity contribution in [2.45, 2.75) is 38.8 Å². The second kappa shape index (κ2) is 4.85. The van der Waals surface area contributed by atoms with Gasteiger partial charge in [0, 0.05) is 25.2 Å². The zero-order valence-electron chi connectivity index (χ0n) is 11.6. The zero-order valence-corrected chi connectivity index (χ0v) is 11.6. The number of likely N-dealkylation sites (tertiary alicyclic amines) is 1. The molecule has 0 saturated carbocycles. The summed E-state index contributed by atoms with van der Waals surface area (Å²) in [7, 11) is 0. The van der Waals surface area contributed by atoms with Gasteiger partial charge >= 0.3 is 5.69 Å². The molecular weight excluding hydrogens is 238 g/mol. The Hall–Kier alpha value is -1.55. The molecule has 1 fully saturated rings. The number of benzene rings is 1. The Morgan fingerprint density at radius 1 is 1.21 bits per heavy atom. The fourth-order valence-electron chi connectivity index (χ4n) is 3.10. The summed E-state index contributed by atoms with van der Waals surface area (Å²) in [5, 5.41) is 0. The highest BCUT2D eigenvalue weighted by atomic mass is 16.1. The first-order chi connectivity index (χ1) is 9.16. The molecule has 2 heterocycles. The van der Waals surface area contributed by atoms with Crippen molar-refractivity contribution in [3.8, 4) is 0 Å². The highest BCUT2D eigenvalue weighted by molar-refractivity contribution is 5.75. The normalized spacial score (nSPS) is 18.5. The smallest absolute Gasteiger partial charge is 0.306 e. The molecule has 0 bridgehead atoms. The van der Waals surface area contributed by atoms with Crippen molar-refractivity contribution >= 4 is 11.0 Å². The van der Waals surface area contributed by atoms with E-state index < -0.39 is 0 Å². The minimum absolute atomic E-state index is 0.0317. The van der Waals surface area contributed by atoms with Crippen LogP contribution < -0.4 is 5.69 Å². The number of fused-ring (bicyclic) bond motifs is 1. The quantitative estimate of drug-likeness (QED) is 0.899. The van der Waals surface area contributed by atoms with Gasteiger partial charge in [-0.25, -0.2) is 4.79 Å². The number of imidazole rings is 1. The van der Waals surface area contributed by atoms with Gasteiger partial charge in [0.05, 0.1) is 11.0 Å². The molecule has 4 nitrogen and oxygen atoms in total. The minimum Gasteiger partial charge on any atom is -0.306 e. The van der Waals surface area contributed by atoms with Crippen LogP contribution in [0, 0.1) is 0 Å². The van der Waals surface area contributed by atoms with Crippen LogP contribution in [0.4, 0.5) is 0 Å². The second-order valence-electron chi connectivity index (χ2n) is 5.68. The first-order valence-corrected chi connectivity index (χ1v) is 7.10. The van der Waals surface area contributed by atoms with E-state index in [9.17, 15) is 4.79 Å². The van der Waals surface area contributed by atoms with Crippen LogP contribution >= 0.6 is 0 Å². The molecule has 3 rings (SSSR count). The fourth-order valence-corrected chi connectivity index (χ4v) is 3.10. The van der Waals surface area contributed by atoms with E-state index in [1.54, 1.807) is 0 Å². The van der Waals surface area contributed by atoms with Crippen LogP contribution in [-0.2, 0) is 0 Å². The molecule has 0 unspecified atom stereocenters. The molecular formula is C15H21N3O. The van der Waals surface area contributed by atoms with Crippen LogP contribution in [-0.4, -0.2) is 33.6 Å². The number of hydrogen-bond donors (Lipinski definition) is 1. The molecule has 102 valence electrons. The molecule has 1 aromatic heterocycles. The van der Waals surface area contributed by atoms with Gasteiger partial charge < -0.3 is 9.88 Å². The lowest BCUT2D eigenvalue weighted by molar-refractivity contribution is 0.152. The van der Waals surface area contributed by atoms with E-state index in [0.717, 1.165) is 37.0 Å². The van der Waals surface area contributed by atoms with Crippen molar-refractivity contribution in [1.82, 2.24) is 14.5 Å². The van der Waals surface area contributed by atoms with Crippen LogP contribution in [0.1, 0.15) is 32.7 Å². The van der Waals surface area contributed by atoms with Gasteiger partial charge in [0.2, 0.25) is 0 Å². The van der Waals surface area contributed by atoms with Crippen molar-refractivity contribution < 1.29 is 0 Å². The average molecular weight is 259 g/mol. The molecule has 1 aliphatic heterocycles. The lowest BCUT2D eigenvalue weighted by Crippen LogP contribution is -2.40. The summed E-state index contributed by atoms with van der Waals surface area (Å²) in [6.07, 6.45) is 2.11. The number of rotatable bonds is 2. The number of nitrogens with zero attached hydrogens (tertiary/aromatic N) is 2. The van der Waals surface area contributed by atoms with Crippen molar-refractivity contribution in [1.29, 1.82) is 0 Å². The van der Waals surface area contributed by atoms with Gasteiger partial charge in [0.1, 0.15) is 0 Å². The number of piperidine rings is 1. The Balaban J connectivity index is 1.90. The predicted molar refractivity (Wildman–Crippen MR) is 77.5 cm³/mol. The maximum atomic E-state index is 12.1. The Morgan fingerprint density at radius 3 is 2.58 bits per heavy atom. The van der Waals surface area contributed by atoms with Crippen LogP contribution in [0.5, 0.6) is 0 Å².